The predicted octanol–water partition coefficient (Wildman–Crippen LogP) is 4.14. The maximum atomic E-state index is 12.3. The van der Waals surface area contributed by atoms with E-state index in [1.54, 1.807) is 29.5 Å². The van der Waals surface area contributed by atoms with Crippen LogP contribution in [0.2, 0.25) is 0 Å². The van der Waals surface area contributed by atoms with Crippen LogP contribution < -0.4 is 5.32 Å². The lowest BCUT2D eigenvalue weighted by atomic mass is 10.3. The molecule has 0 aliphatic rings. The summed E-state index contributed by atoms with van der Waals surface area (Å²) >= 11 is 2.95. The molecule has 3 aromatic rings. The van der Waals surface area contributed by atoms with Crippen molar-refractivity contribution in [3.05, 3.63) is 51.7 Å². The number of nitrogens with one attached hydrogen (secondary N) is 1. The zero-order valence-electron chi connectivity index (χ0n) is 11.2. The van der Waals surface area contributed by atoms with Gasteiger partial charge in [-0.3, -0.25) is 4.79 Å². The van der Waals surface area contributed by atoms with Gasteiger partial charge in [0, 0.05) is 10.9 Å². The summed E-state index contributed by atoms with van der Waals surface area (Å²) in [6.07, 6.45) is 0. The summed E-state index contributed by atoms with van der Waals surface area (Å²) in [5.41, 5.74) is 2.11. The maximum Gasteiger partial charge on any atom is 0.267 e. The molecule has 0 bridgehead atoms. The van der Waals surface area contributed by atoms with Gasteiger partial charge in [0.25, 0.3) is 5.91 Å². The molecule has 0 aliphatic heterocycles. The van der Waals surface area contributed by atoms with Gasteiger partial charge < -0.3 is 10.4 Å². The third kappa shape index (κ3) is 2.81. The Morgan fingerprint density at radius 1 is 1.29 bits per heavy atom. The van der Waals surface area contributed by atoms with Gasteiger partial charge in [-0.1, -0.05) is 12.1 Å². The van der Waals surface area contributed by atoms with E-state index in [2.05, 4.69) is 10.3 Å². The third-order valence-electron chi connectivity index (χ3n) is 2.92. The smallest absolute Gasteiger partial charge is 0.267 e. The largest absolute Gasteiger partial charge is 0.506 e. The number of carbonyl (C=O) groups is 1. The lowest BCUT2D eigenvalue weighted by Crippen LogP contribution is -2.11. The first-order valence-electron chi connectivity index (χ1n) is 6.24. The summed E-state index contributed by atoms with van der Waals surface area (Å²) in [5, 5.41) is 17.2. The zero-order valence-corrected chi connectivity index (χ0v) is 12.8. The van der Waals surface area contributed by atoms with E-state index in [0.717, 1.165) is 10.6 Å². The molecule has 0 spiro atoms. The SMILES string of the molecule is Cc1nc(-c2ccsc2)sc1C(=O)Nc1ccccc1O. The van der Waals surface area contributed by atoms with Gasteiger partial charge in [0.1, 0.15) is 15.6 Å². The lowest BCUT2D eigenvalue weighted by molar-refractivity contribution is 0.102. The first-order valence-corrected chi connectivity index (χ1v) is 8.00. The zero-order chi connectivity index (χ0) is 14.8. The minimum Gasteiger partial charge on any atom is -0.506 e. The second-order valence-electron chi connectivity index (χ2n) is 4.42. The van der Waals surface area contributed by atoms with Crippen molar-refractivity contribution in [3.8, 4) is 16.3 Å². The van der Waals surface area contributed by atoms with Gasteiger partial charge in [-0.2, -0.15) is 11.3 Å². The fourth-order valence-electron chi connectivity index (χ4n) is 1.88. The van der Waals surface area contributed by atoms with Gasteiger partial charge >= 0.3 is 0 Å². The van der Waals surface area contributed by atoms with Crippen molar-refractivity contribution >= 4 is 34.3 Å². The molecule has 0 saturated carbocycles. The second kappa shape index (κ2) is 5.67. The van der Waals surface area contributed by atoms with E-state index >= 15 is 0 Å². The van der Waals surface area contributed by atoms with Crippen molar-refractivity contribution in [2.75, 3.05) is 5.32 Å². The molecule has 0 aliphatic carbocycles. The number of nitrogens with zero attached hydrogens (tertiary/aromatic N) is 1. The van der Waals surface area contributed by atoms with Crippen LogP contribution in [0.15, 0.2) is 41.1 Å². The number of benzene rings is 1. The third-order valence-corrected chi connectivity index (χ3v) is 4.81. The number of thiophene rings is 1. The number of phenolic OH excluding ortho intramolecular Hbond substituents is 1. The number of aromatic nitrogens is 1. The molecule has 1 aromatic carbocycles. The Labute approximate surface area is 129 Å². The number of phenols is 1. The van der Waals surface area contributed by atoms with E-state index in [4.69, 9.17) is 0 Å². The fraction of sp³-hybridized carbons (Fsp3) is 0.0667. The van der Waals surface area contributed by atoms with E-state index in [1.807, 2.05) is 23.8 Å². The van der Waals surface area contributed by atoms with E-state index in [1.165, 1.54) is 17.4 Å². The molecule has 106 valence electrons. The summed E-state index contributed by atoms with van der Waals surface area (Å²) in [6.45, 7) is 1.81. The fourth-order valence-corrected chi connectivity index (χ4v) is 3.55. The van der Waals surface area contributed by atoms with E-state index in [0.29, 0.717) is 16.3 Å². The number of hydrogen-bond donors (Lipinski definition) is 2. The Bertz CT molecular complexity index is 779. The molecule has 0 unspecified atom stereocenters. The monoisotopic (exact) mass is 316 g/mol. The first kappa shape index (κ1) is 13.8. The van der Waals surface area contributed by atoms with Gasteiger partial charge in [0.2, 0.25) is 0 Å². The van der Waals surface area contributed by atoms with Crippen LogP contribution in [0.1, 0.15) is 15.4 Å². The standard InChI is InChI=1S/C15H12N2O2S2/c1-9-13(21-15(16-9)10-6-7-20-8-10)14(19)17-11-4-2-3-5-12(11)18/h2-8,18H,1H3,(H,17,19). The Morgan fingerprint density at radius 3 is 2.81 bits per heavy atom. The maximum absolute atomic E-state index is 12.3. The Hall–Kier alpha value is -2.18. The molecule has 4 nitrogen and oxygen atoms in total. The second-order valence-corrected chi connectivity index (χ2v) is 6.20. The molecule has 1 amide bonds. The Morgan fingerprint density at radius 2 is 2.10 bits per heavy atom. The van der Waals surface area contributed by atoms with Crippen LogP contribution in [0.4, 0.5) is 5.69 Å². The minimum absolute atomic E-state index is 0.0473. The van der Waals surface area contributed by atoms with Crippen molar-refractivity contribution in [1.29, 1.82) is 0 Å². The van der Waals surface area contributed by atoms with Gasteiger partial charge in [0.05, 0.1) is 11.4 Å². The topological polar surface area (TPSA) is 62.2 Å². The molecule has 0 fully saturated rings. The molecule has 21 heavy (non-hydrogen) atoms. The van der Waals surface area contributed by atoms with Crippen LogP contribution in [-0.4, -0.2) is 16.0 Å². The highest BCUT2D eigenvalue weighted by molar-refractivity contribution is 7.17. The van der Waals surface area contributed by atoms with Crippen LogP contribution in [-0.2, 0) is 0 Å². The summed E-state index contributed by atoms with van der Waals surface area (Å²) in [6, 6.07) is 8.63. The summed E-state index contributed by atoms with van der Waals surface area (Å²) in [5.74, 6) is -0.209. The Kier molecular flexibility index (Phi) is 3.72. The number of para-hydroxylation sites is 2. The molecule has 2 aromatic heterocycles. The summed E-state index contributed by atoms with van der Waals surface area (Å²) < 4.78 is 0. The average Bonchev–Trinajstić information content (AvgIpc) is 3.10. The van der Waals surface area contributed by atoms with Gasteiger partial charge in [-0.05, 0) is 30.5 Å². The number of amides is 1. The van der Waals surface area contributed by atoms with Crippen molar-refractivity contribution in [3.63, 3.8) is 0 Å². The van der Waals surface area contributed by atoms with Crippen molar-refractivity contribution in [2.24, 2.45) is 0 Å². The summed E-state index contributed by atoms with van der Waals surface area (Å²) in [4.78, 5) is 17.3. The predicted molar refractivity (Wildman–Crippen MR) is 86.2 cm³/mol. The van der Waals surface area contributed by atoms with E-state index < -0.39 is 0 Å². The number of thiazole rings is 1. The molecule has 3 rings (SSSR count). The van der Waals surface area contributed by atoms with Crippen LogP contribution in [0, 0.1) is 6.92 Å². The van der Waals surface area contributed by atoms with Gasteiger partial charge in [0.15, 0.2) is 0 Å². The van der Waals surface area contributed by atoms with Crippen LogP contribution >= 0.6 is 22.7 Å². The molecule has 0 radical (unpaired) electrons. The molecule has 0 saturated heterocycles. The van der Waals surface area contributed by atoms with E-state index in [9.17, 15) is 9.90 Å². The number of rotatable bonds is 3. The lowest BCUT2D eigenvalue weighted by Gasteiger charge is -2.05. The highest BCUT2D eigenvalue weighted by Crippen LogP contribution is 2.30. The molecular weight excluding hydrogens is 304 g/mol. The first-order chi connectivity index (χ1) is 10.1. The van der Waals surface area contributed by atoms with Gasteiger partial charge in [-0.15, -0.1) is 11.3 Å². The van der Waals surface area contributed by atoms with Crippen LogP contribution in [0.25, 0.3) is 10.6 Å². The van der Waals surface area contributed by atoms with Crippen LogP contribution in [0.3, 0.4) is 0 Å². The van der Waals surface area contributed by atoms with Crippen molar-refractivity contribution < 1.29 is 9.90 Å². The van der Waals surface area contributed by atoms with Crippen molar-refractivity contribution in [2.45, 2.75) is 6.92 Å². The number of anilines is 1. The minimum atomic E-state index is -0.257. The number of aromatic hydroxyl groups is 1. The normalized spacial score (nSPS) is 10.5. The quantitative estimate of drug-likeness (QED) is 0.714. The number of hydrogen-bond acceptors (Lipinski definition) is 5. The average molecular weight is 316 g/mol. The van der Waals surface area contributed by atoms with Gasteiger partial charge in [-0.25, -0.2) is 4.98 Å². The molecule has 2 heterocycles. The molecular formula is C15H12N2O2S2. The molecule has 0 atom stereocenters. The molecule has 2 N–H and O–H groups in total. The summed E-state index contributed by atoms with van der Waals surface area (Å²) in [7, 11) is 0. The van der Waals surface area contributed by atoms with Crippen molar-refractivity contribution in [1.82, 2.24) is 4.98 Å². The molecule has 6 heteroatoms. The highest BCUT2D eigenvalue weighted by atomic mass is 32.1. The number of aryl methyl sites for hydroxylation is 1. The van der Waals surface area contributed by atoms with Crippen LogP contribution in [0.5, 0.6) is 5.75 Å². The number of carbonyl (C=O) groups excluding carboxylic acids is 1. The Balaban J connectivity index is 1.87. The highest BCUT2D eigenvalue weighted by Gasteiger charge is 2.17. The van der Waals surface area contributed by atoms with E-state index in [-0.39, 0.29) is 11.7 Å².